The van der Waals surface area contributed by atoms with Crippen LogP contribution in [0.15, 0.2) is 158 Å². The maximum atomic E-state index is 6.55. The molecule has 0 fully saturated rings. The van der Waals surface area contributed by atoms with Crippen molar-refractivity contribution in [3.8, 4) is 39.7 Å². The summed E-state index contributed by atoms with van der Waals surface area (Å²) in [7, 11) is 0. The molecule has 0 unspecified atom stereocenters. The van der Waals surface area contributed by atoms with Crippen molar-refractivity contribution >= 4 is 49.1 Å². The minimum Gasteiger partial charge on any atom is -0.503 e. The fourth-order valence-corrected chi connectivity index (χ4v) is 7.13. The maximum absolute atomic E-state index is 6.55. The molecular formula is C44H26N4OPt. The summed E-state index contributed by atoms with van der Waals surface area (Å²) in [6.07, 6.45) is 3.78. The van der Waals surface area contributed by atoms with E-state index in [1.54, 1.807) is 0 Å². The first-order valence-electron chi connectivity index (χ1n) is 16.3. The van der Waals surface area contributed by atoms with Crippen molar-refractivity contribution in [1.29, 1.82) is 0 Å². The zero-order valence-electron chi connectivity index (χ0n) is 26.5. The first-order chi connectivity index (χ1) is 24.3. The summed E-state index contributed by atoms with van der Waals surface area (Å²) in [5, 5.41) is 5.30. The average molecular weight is 822 g/mol. The molecule has 0 atom stereocenters. The molecule has 0 N–H and O–H groups in total. The molecule has 0 amide bonds. The molecule has 6 aromatic carbocycles. The smallest absolute Gasteiger partial charge is 0.503 e. The molecule has 5 nitrogen and oxygen atoms in total. The van der Waals surface area contributed by atoms with E-state index < -0.39 is 0 Å². The molecule has 4 aromatic heterocycles. The van der Waals surface area contributed by atoms with Crippen molar-refractivity contribution in [1.82, 2.24) is 18.9 Å². The predicted octanol–water partition coefficient (Wildman–Crippen LogP) is 10.9. The van der Waals surface area contributed by atoms with Crippen molar-refractivity contribution < 1.29 is 25.8 Å². The molecule has 0 bridgehead atoms. The number of nitrogens with zero attached hydrogens (tertiary/aromatic N) is 4. The van der Waals surface area contributed by atoms with E-state index in [0.717, 1.165) is 77.3 Å². The Balaban J connectivity index is 0.00000336. The van der Waals surface area contributed by atoms with Crippen LogP contribution in [0.3, 0.4) is 0 Å². The molecule has 10 rings (SSSR count). The van der Waals surface area contributed by atoms with Crippen molar-refractivity contribution in [2.75, 3.05) is 0 Å². The molecule has 238 valence electrons. The third-order valence-electron chi connectivity index (χ3n) is 9.26. The van der Waals surface area contributed by atoms with Gasteiger partial charge >= 0.3 is 21.1 Å². The van der Waals surface area contributed by atoms with E-state index in [1.807, 2.05) is 54.9 Å². The van der Waals surface area contributed by atoms with E-state index in [4.69, 9.17) is 9.72 Å². The van der Waals surface area contributed by atoms with Crippen LogP contribution in [0.5, 0.6) is 11.5 Å². The van der Waals surface area contributed by atoms with Gasteiger partial charge in [0.05, 0.1) is 11.3 Å². The number of aromatic nitrogens is 4. The molecule has 0 aliphatic carbocycles. The summed E-state index contributed by atoms with van der Waals surface area (Å²) in [5.74, 6) is 2.02. The zero-order valence-corrected chi connectivity index (χ0v) is 28.8. The van der Waals surface area contributed by atoms with Gasteiger partial charge in [0.25, 0.3) is 0 Å². The largest absolute Gasteiger partial charge is 2.00 e. The number of fused-ring (bicyclic) bond motifs is 9. The van der Waals surface area contributed by atoms with Gasteiger partial charge in [0.2, 0.25) is 0 Å². The van der Waals surface area contributed by atoms with Gasteiger partial charge in [-0.15, -0.1) is 29.7 Å². The normalized spacial score (nSPS) is 11.4. The van der Waals surface area contributed by atoms with Crippen molar-refractivity contribution in [2.24, 2.45) is 0 Å². The van der Waals surface area contributed by atoms with Gasteiger partial charge in [0.15, 0.2) is 0 Å². The number of benzene rings is 6. The van der Waals surface area contributed by atoms with Crippen LogP contribution in [0.4, 0.5) is 0 Å². The SMILES string of the molecule is [Pt+2].[c-]1c(Oc2[c-]c3c(cc2)c2ccccc2n3-c2ccccn2)ccc2c1c1ncc(-c3ccccc3)n1c1c(-c3ccccc3)cccc21. The Labute approximate surface area is 302 Å². The standard InChI is InChI=1S/C44H26N4O.Pt/c1-3-12-29(13-4-1)33-17-11-18-37-34-23-21-31(26-38(34)44-46-28-41(48(44)43(33)37)30-14-5-2-6-15-30)49-32-22-24-36-35-16-7-8-19-39(35)47(40(36)27-32)42-20-9-10-25-45-42;/h1-25,28H;/q-2;+2. The fourth-order valence-electron chi connectivity index (χ4n) is 7.13. The molecule has 0 aliphatic rings. The first-order valence-corrected chi connectivity index (χ1v) is 16.3. The second kappa shape index (κ2) is 12.1. The Bertz CT molecular complexity index is 2850. The molecule has 0 aliphatic heterocycles. The number of rotatable bonds is 5. The molecule has 50 heavy (non-hydrogen) atoms. The summed E-state index contributed by atoms with van der Waals surface area (Å²) < 4.78 is 11.0. The van der Waals surface area contributed by atoms with E-state index >= 15 is 0 Å². The van der Waals surface area contributed by atoms with Crippen LogP contribution in [-0.2, 0) is 21.1 Å². The Morgan fingerprint density at radius 2 is 1.24 bits per heavy atom. The van der Waals surface area contributed by atoms with Gasteiger partial charge in [0, 0.05) is 40.5 Å². The van der Waals surface area contributed by atoms with Crippen LogP contribution < -0.4 is 4.74 Å². The third kappa shape index (κ3) is 4.74. The van der Waals surface area contributed by atoms with Crippen molar-refractivity contribution in [2.45, 2.75) is 0 Å². The number of imidazole rings is 1. The Morgan fingerprint density at radius 3 is 2.04 bits per heavy atom. The quantitative estimate of drug-likeness (QED) is 0.128. The number of pyridine rings is 2. The predicted molar refractivity (Wildman–Crippen MR) is 197 cm³/mol. The Kier molecular flexibility index (Phi) is 7.30. The van der Waals surface area contributed by atoms with Crippen LogP contribution >= 0.6 is 0 Å². The minimum absolute atomic E-state index is 0. The van der Waals surface area contributed by atoms with E-state index in [-0.39, 0.29) is 21.1 Å². The summed E-state index contributed by atoms with van der Waals surface area (Å²) in [5.41, 5.74) is 8.32. The number of hydrogen-bond donors (Lipinski definition) is 0. The van der Waals surface area contributed by atoms with E-state index in [0.29, 0.717) is 11.5 Å². The molecule has 10 aromatic rings. The van der Waals surface area contributed by atoms with Gasteiger partial charge in [-0.25, -0.2) is 4.98 Å². The molecule has 0 spiro atoms. The minimum atomic E-state index is 0. The van der Waals surface area contributed by atoms with Gasteiger partial charge in [0.1, 0.15) is 5.82 Å². The van der Waals surface area contributed by atoms with Crippen LogP contribution in [0.25, 0.3) is 77.3 Å². The Hall–Kier alpha value is -6.03. The second-order valence-corrected chi connectivity index (χ2v) is 12.1. The second-order valence-electron chi connectivity index (χ2n) is 12.1. The number of hydrogen-bond acceptors (Lipinski definition) is 3. The van der Waals surface area contributed by atoms with Crippen LogP contribution in [-0.4, -0.2) is 18.9 Å². The van der Waals surface area contributed by atoms with E-state index in [1.165, 1.54) is 0 Å². The van der Waals surface area contributed by atoms with E-state index in [2.05, 4.69) is 129 Å². The van der Waals surface area contributed by atoms with Gasteiger partial charge in [-0.05, 0) is 40.1 Å². The number of para-hydroxylation sites is 2. The Morgan fingerprint density at radius 1 is 0.540 bits per heavy atom. The summed E-state index contributed by atoms with van der Waals surface area (Å²) >= 11 is 0. The van der Waals surface area contributed by atoms with Crippen molar-refractivity contribution in [3.63, 3.8) is 0 Å². The molecule has 0 radical (unpaired) electrons. The average Bonchev–Trinajstić information content (AvgIpc) is 3.76. The zero-order chi connectivity index (χ0) is 32.3. The van der Waals surface area contributed by atoms with Gasteiger partial charge in [-0.1, -0.05) is 125 Å². The molecule has 0 saturated carbocycles. The molecule has 0 saturated heterocycles. The summed E-state index contributed by atoms with van der Waals surface area (Å²) in [6.45, 7) is 0. The van der Waals surface area contributed by atoms with E-state index in [9.17, 15) is 0 Å². The van der Waals surface area contributed by atoms with Gasteiger partial charge in [-0.2, -0.15) is 6.07 Å². The topological polar surface area (TPSA) is 44.3 Å². The van der Waals surface area contributed by atoms with Crippen LogP contribution in [0.1, 0.15) is 0 Å². The number of ether oxygens (including phenoxy) is 1. The maximum Gasteiger partial charge on any atom is 2.00 e. The van der Waals surface area contributed by atoms with Gasteiger partial charge in [-0.3, -0.25) is 4.98 Å². The third-order valence-corrected chi connectivity index (χ3v) is 9.26. The first kappa shape index (κ1) is 30.1. The fraction of sp³-hybridized carbons (Fsp3) is 0. The van der Waals surface area contributed by atoms with Crippen LogP contribution in [0.2, 0.25) is 0 Å². The molecular weight excluding hydrogens is 796 g/mol. The summed E-state index contributed by atoms with van der Waals surface area (Å²) in [4.78, 5) is 9.68. The van der Waals surface area contributed by atoms with Gasteiger partial charge < -0.3 is 13.7 Å². The van der Waals surface area contributed by atoms with Crippen molar-refractivity contribution in [3.05, 3.63) is 170 Å². The molecule has 4 heterocycles. The summed E-state index contributed by atoms with van der Waals surface area (Å²) in [6, 6.07) is 57.1. The monoisotopic (exact) mass is 821 g/mol. The van der Waals surface area contributed by atoms with Crippen LogP contribution in [0, 0.1) is 12.1 Å². The molecule has 6 heteroatoms.